The smallest absolute Gasteiger partial charge is 0.255 e. The van der Waals surface area contributed by atoms with Gasteiger partial charge in [0.1, 0.15) is 0 Å². The first-order valence-corrected chi connectivity index (χ1v) is 7.16. The van der Waals surface area contributed by atoms with Crippen molar-refractivity contribution in [1.82, 2.24) is 4.98 Å². The molecule has 114 valence electrons. The summed E-state index contributed by atoms with van der Waals surface area (Å²) in [6.07, 6.45) is 1.46. The molecule has 1 amide bonds. The minimum Gasteiger partial charge on any atom is -0.378 e. The summed E-state index contributed by atoms with van der Waals surface area (Å²) in [4.78, 5) is 28.3. The zero-order valence-electron chi connectivity index (χ0n) is 12.0. The third kappa shape index (κ3) is 3.17. The van der Waals surface area contributed by atoms with Crippen molar-refractivity contribution in [3.63, 3.8) is 0 Å². The number of morpholine rings is 1. The first-order valence-electron chi connectivity index (χ1n) is 7.16. The fourth-order valence-electron chi connectivity index (χ4n) is 2.44. The number of carbonyl (C=O) groups excluding carboxylic acids is 1. The lowest BCUT2D eigenvalue weighted by atomic mass is 10.2. The van der Waals surface area contributed by atoms with Crippen LogP contribution in [0.5, 0.6) is 0 Å². The number of nitrogens with one attached hydrogen (secondary N) is 2. The summed E-state index contributed by atoms with van der Waals surface area (Å²) < 4.78 is 5.36. The van der Waals surface area contributed by atoms with E-state index in [1.807, 2.05) is 24.3 Å². The number of H-pyrrole nitrogens is 1. The molecule has 1 aliphatic rings. The van der Waals surface area contributed by atoms with Gasteiger partial charge in [0.15, 0.2) is 0 Å². The highest BCUT2D eigenvalue weighted by atomic mass is 16.5. The van der Waals surface area contributed by atoms with Crippen molar-refractivity contribution in [2.75, 3.05) is 36.5 Å². The van der Waals surface area contributed by atoms with E-state index in [2.05, 4.69) is 15.2 Å². The molecule has 1 aromatic heterocycles. The maximum atomic E-state index is 12.3. The molecule has 3 rings (SSSR count). The van der Waals surface area contributed by atoms with Crippen molar-refractivity contribution in [1.29, 1.82) is 0 Å². The monoisotopic (exact) mass is 299 g/mol. The van der Waals surface area contributed by atoms with Crippen molar-refractivity contribution in [2.24, 2.45) is 0 Å². The molecule has 2 N–H and O–H groups in total. The Bertz CT molecular complexity index is 720. The highest BCUT2D eigenvalue weighted by Gasteiger charge is 2.16. The van der Waals surface area contributed by atoms with E-state index in [0.29, 0.717) is 18.8 Å². The van der Waals surface area contributed by atoms with Gasteiger partial charge in [-0.2, -0.15) is 0 Å². The van der Waals surface area contributed by atoms with E-state index in [-0.39, 0.29) is 11.5 Å². The fourth-order valence-corrected chi connectivity index (χ4v) is 2.44. The number of hydrogen-bond acceptors (Lipinski definition) is 4. The Kier molecular flexibility index (Phi) is 4.20. The molecule has 0 radical (unpaired) electrons. The second kappa shape index (κ2) is 6.44. The molecule has 22 heavy (non-hydrogen) atoms. The first-order chi connectivity index (χ1) is 10.7. The van der Waals surface area contributed by atoms with Gasteiger partial charge in [-0.05, 0) is 18.2 Å². The van der Waals surface area contributed by atoms with E-state index in [1.165, 1.54) is 12.3 Å². The van der Waals surface area contributed by atoms with E-state index >= 15 is 0 Å². The second-order valence-electron chi connectivity index (χ2n) is 5.01. The summed E-state index contributed by atoms with van der Waals surface area (Å²) >= 11 is 0. The number of rotatable bonds is 3. The van der Waals surface area contributed by atoms with Crippen molar-refractivity contribution < 1.29 is 9.53 Å². The molecule has 0 saturated carbocycles. The number of para-hydroxylation sites is 2. The Morgan fingerprint density at radius 2 is 1.95 bits per heavy atom. The highest BCUT2D eigenvalue weighted by Crippen LogP contribution is 2.26. The van der Waals surface area contributed by atoms with Gasteiger partial charge in [0.25, 0.3) is 5.91 Å². The predicted octanol–water partition coefficient (Wildman–Crippen LogP) is 1.46. The van der Waals surface area contributed by atoms with Crippen LogP contribution in [0.15, 0.2) is 47.4 Å². The minimum atomic E-state index is -0.299. The Hall–Kier alpha value is -2.60. The predicted molar refractivity (Wildman–Crippen MR) is 84.5 cm³/mol. The van der Waals surface area contributed by atoms with Gasteiger partial charge in [-0.3, -0.25) is 9.59 Å². The van der Waals surface area contributed by atoms with Crippen LogP contribution >= 0.6 is 0 Å². The third-order valence-corrected chi connectivity index (χ3v) is 3.54. The summed E-state index contributed by atoms with van der Waals surface area (Å²) in [5, 5.41) is 2.88. The SMILES string of the molecule is O=C(Nc1ccccc1N1CCOCC1)c1cc[nH]c(=O)c1. The van der Waals surface area contributed by atoms with Crippen molar-refractivity contribution in [2.45, 2.75) is 0 Å². The number of aromatic amines is 1. The molecule has 6 heteroatoms. The van der Waals surface area contributed by atoms with Crippen molar-refractivity contribution >= 4 is 17.3 Å². The summed E-state index contributed by atoms with van der Waals surface area (Å²) in [5.74, 6) is -0.299. The molecule has 0 bridgehead atoms. The lowest BCUT2D eigenvalue weighted by molar-refractivity contribution is 0.102. The number of hydrogen-bond donors (Lipinski definition) is 2. The zero-order valence-corrected chi connectivity index (χ0v) is 12.0. The number of pyridine rings is 1. The fraction of sp³-hybridized carbons (Fsp3) is 0.250. The highest BCUT2D eigenvalue weighted by molar-refractivity contribution is 6.05. The van der Waals surface area contributed by atoms with Crippen LogP contribution in [0.25, 0.3) is 0 Å². The molecule has 1 saturated heterocycles. The molecule has 1 aromatic carbocycles. The molecule has 2 aromatic rings. The van der Waals surface area contributed by atoms with E-state index in [1.54, 1.807) is 6.07 Å². The summed E-state index contributed by atoms with van der Waals surface area (Å²) in [6, 6.07) is 10.5. The molecule has 1 aliphatic heterocycles. The summed E-state index contributed by atoms with van der Waals surface area (Å²) in [6.45, 7) is 2.93. The van der Waals surface area contributed by atoms with Gasteiger partial charge >= 0.3 is 0 Å². The molecular weight excluding hydrogens is 282 g/mol. The molecule has 0 atom stereocenters. The molecule has 1 fully saturated rings. The van der Waals surface area contributed by atoms with Crippen LogP contribution in [0.4, 0.5) is 11.4 Å². The van der Waals surface area contributed by atoms with Gasteiger partial charge in [-0.25, -0.2) is 0 Å². The molecule has 0 spiro atoms. The van der Waals surface area contributed by atoms with E-state index in [9.17, 15) is 9.59 Å². The van der Waals surface area contributed by atoms with E-state index < -0.39 is 0 Å². The lowest BCUT2D eigenvalue weighted by Gasteiger charge is -2.30. The number of amides is 1. The van der Waals surface area contributed by atoms with Crippen LogP contribution < -0.4 is 15.8 Å². The Labute approximate surface area is 127 Å². The van der Waals surface area contributed by atoms with Gasteiger partial charge in [0.2, 0.25) is 5.56 Å². The van der Waals surface area contributed by atoms with Crippen molar-refractivity contribution in [3.05, 3.63) is 58.5 Å². The number of aromatic nitrogens is 1. The van der Waals surface area contributed by atoms with Crippen LogP contribution in [0.2, 0.25) is 0 Å². The number of benzene rings is 1. The number of ether oxygens (including phenoxy) is 1. The van der Waals surface area contributed by atoms with Gasteiger partial charge < -0.3 is 19.9 Å². The maximum absolute atomic E-state index is 12.3. The van der Waals surface area contributed by atoms with Crippen LogP contribution in [-0.4, -0.2) is 37.2 Å². The van der Waals surface area contributed by atoms with E-state index in [0.717, 1.165) is 24.5 Å². The van der Waals surface area contributed by atoms with Gasteiger partial charge in [-0.15, -0.1) is 0 Å². The normalized spacial score (nSPS) is 14.6. The average Bonchev–Trinajstić information content (AvgIpc) is 2.56. The molecule has 2 heterocycles. The first kappa shape index (κ1) is 14.3. The third-order valence-electron chi connectivity index (χ3n) is 3.54. The Morgan fingerprint density at radius 3 is 2.73 bits per heavy atom. The topological polar surface area (TPSA) is 74.4 Å². The van der Waals surface area contributed by atoms with Crippen LogP contribution in [0.1, 0.15) is 10.4 Å². The quantitative estimate of drug-likeness (QED) is 0.900. The van der Waals surface area contributed by atoms with Crippen molar-refractivity contribution in [3.8, 4) is 0 Å². The van der Waals surface area contributed by atoms with Gasteiger partial charge in [0.05, 0.1) is 24.6 Å². The molecular formula is C16H17N3O3. The maximum Gasteiger partial charge on any atom is 0.255 e. The number of carbonyl (C=O) groups is 1. The minimum absolute atomic E-state index is 0.297. The lowest BCUT2D eigenvalue weighted by Crippen LogP contribution is -2.36. The summed E-state index contributed by atoms with van der Waals surface area (Å²) in [5.41, 5.74) is 1.73. The van der Waals surface area contributed by atoms with Gasteiger partial charge in [0, 0.05) is 30.9 Å². The second-order valence-corrected chi connectivity index (χ2v) is 5.01. The average molecular weight is 299 g/mol. The number of nitrogens with zero attached hydrogens (tertiary/aromatic N) is 1. The summed E-state index contributed by atoms with van der Waals surface area (Å²) in [7, 11) is 0. The standard InChI is InChI=1S/C16H17N3O3/c20-15-11-12(5-6-17-15)16(21)18-13-3-1-2-4-14(13)19-7-9-22-10-8-19/h1-6,11H,7-10H2,(H,17,20)(H,18,21). The molecule has 0 aliphatic carbocycles. The van der Waals surface area contributed by atoms with Gasteiger partial charge in [-0.1, -0.05) is 12.1 Å². The Morgan fingerprint density at radius 1 is 1.18 bits per heavy atom. The van der Waals surface area contributed by atoms with Crippen LogP contribution in [-0.2, 0) is 4.74 Å². The molecule has 0 unspecified atom stereocenters. The number of anilines is 2. The van der Waals surface area contributed by atoms with E-state index in [4.69, 9.17) is 4.74 Å². The molecule has 6 nitrogen and oxygen atoms in total. The Balaban J connectivity index is 1.83. The zero-order chi connectivity index (χ0) is 15.4. The van der Waals surface area contributed by atoms with Crippen LogP contribution in [0, 0.1) is 0 Å². The van der Waals surface area contributed by atoms with Crippen LogP contribution in [0.3, 0.4) is 0 Å². The largest absolute Gasteiger partial charge is 0.378 e.